The molecule has 0 saturated carbocycles. The number of amides is 1. The molecule has 2 unspecified atom stereocenters. The van der Waals surface area contributed by atoms with Crippen molar-refractivity contribution in [3.05, 3.63) is 77.7 Å². The van der Waals surface area contributed by atoms with Gasteiger partial charge in [-0.15, -0.1) is 0 Å². The number of benzene rings is 1. The van der Waals surface area contributed by atoms with E-state index in [1.165, 1.54) is 6.08 Å². The first-order valence-electron chi connectivity index (χ1n) is 11.6. The predicted octanol–water partition coefficient (Wildman–Crippen LogP) is 3.61. The average Bonchev–Trinajstić information content (AvgIpc) is 3.49. The Balaban J connectivity index is 1.55. The van der Waals surface area contributed by atoms with Crippen LogP contribution in [0, 0.1) is 5.41 Å². The largest absolute Gasteiger partial charge is 0.458 e. The maximum Gasteiger partial charge on any atom is 0.246 e. The van der Waals surface area contributed by atoms with Gasteiger partial charge in [0.25, 0.3) is 0 Å². The van der Waals surface area contributed by atoms with Crippen molar-refractivity contribution in [3.63, 3.8) is 0 Å². The lowest BCUT2D eigenvalue weighted by Gasteiger charge is -2.17. The Kier molecular flexibility index (Phi) is 7.27. The lowest BCUT2D eigenvalue weighted by Crippen LogP contribution is -2.28. The number of aromatic nitrogens is 2. The van der Waals surface area contributed by atoms with E-state index in [-0.39, 0.29) is 17.9 Å². The molecule has 178 valence electrons. The van der Waals surface area contributed by atoms with Crippen molar-refractivity contribution in [2.45, 2.75) is 31.7 Å². The summed E-state index contributed by atoms with van der Waals surface area (Å²) < 4.78 is 7.92. The molecule has 1 amide bonds. The van der Waals surface area contributed by atoms with Crippen LogP contribution in [0.25, 0.3) is 0 Å². The van der Waals surface area contributed by atoms with Crippen LogP contribution in [0.3, 0.4) is 0 Å². The molecule has 4 N–H and O–H groups in total. The minimum absolute atomic E-state index is 0.0268. The smallest absolute Gasteiger partial charge is 0.246 e. The van der Waals surface area contributed by atoms with E-state index in [4.69, 9.17) is 21.0 Å². The van der Waals surface area contributed by atoms with Crippen molar-refractivity contribution >= 4 is 17.4 Å². The number of hydrogen-bond donors (Lipinski definition) is 3. The van der Waals surface area contributed by atoms with Crippen LogP contribution in [-0.4, -0.2) is 53.0 Å². The van der Waals surface area contributed by atoms with Crippen molar-refractivity contribution in [1.82, 2.24) is 14.7 Å². The van der Waals surface area contributed by atoms with E-state index in [2.05, 4.69) is 17.5 Å². The molecule has 1 fully saturated rings. The Hall–Kier alpha value is -3.65. The SMILES string of the molecule is CNc1c(C(C)=N)c(C2C=CC(Oc3ccccc3)=CC2)nn1C1CCN(C(=O)/C=C/CN)C1. The number of hydrogen-bond acceptors (Lipinski definition) is 6. The molecule has 8 nitrogen and oxygen atoms in total. The normalized spacial score (nSPS) is 20.0. The lowest BCUT2D eigenvalue weighted by molar-refractivity contribution is -0.125. The van der Waals surface area contributed by atoms with Gasteiger partial charge in [-0.25, -0.2) is 4.68 Å². The molecule has 34 heavy (non-hydrogen) atoms. The number of nitrogens with two attached hydrogens (primary N) is 1. The van der Waals surface area contributed by atoms with Crippen LogP contribution in [0.2, 0.25) is 0 Å². The van der Waals surface area contributed by atoms with Crippen LogP contribution in [0.5, 0.6) is 5.75 Å². The zero-order chi connectivity index (χ0) is 24.1. The molecular formula is C26H32N6O2. The monoisotopic (exact) mass is 460 g/mol. The fourth-order valence-electron chi connectivity index (χ4n) is 4.50. The molecule has 1 aliphatic heterocycles. The quantitative estimate of drug-likeness (QED) is 0.412. The van der Waals surface area contributed by atoms with Crippen molar-refractivity contribution < 1.29 is 9.53 Å². The summed E-state index contributed by atoms with van der Waals surface area (Å²) in [6.07, 6.45) is 10.9. The van der Waals surface area contributed by atoms with Crippen molar-refractivity contribution in [2.75, 3.05) is 32.0 Å². The Bertz CT molecular complexity index is 1130. The number of ether oxygens (including phenoxy) is 1. The summed E-state index contributed by atoms with van der Waals surface area (Å²) in [5, 5.41) is 16.7. The van der Waals surface area contributed by atoms with Gasteiger partial charge in [0.2, 0.25) is 5.91 Å². The van der Waals surface area contributed by atoms with Gasteiger partial charge in [0.15, 0.2) is 0 Å². The van der Waals surface area contributed by atoms with Gasteiger partial charge in [0.05, 0.1) is 17.3 Å². The van der Waals surface area contributed by atoms with E-state index >= 15 is 0 Å². The number of likely N-dealkylation sites (tertiary alicyclic amines) is 1. The Morgan fingerprint density at radius 3 is 2.79 bits per heavy atom. The number of nitrogens with one attached hydrogen (secondary N) is 2. The molecule has 0 bridgehead atoms. The number of para-hydroxylation sites is 1. The van der Waals surface area contributed by atoms with Gasteiger partial charge in [-0.2, -0.15) is 5.10 Å². The van der Waals surface area contributed by atoms with E-state index in [1.807, 2.05) is 53.0 Å². The van der Waals surface area contributed by atoms with Crippen LogP contribution in [0.1, 0.15) is 43.0 Å². The van der Waals surface area contributed by atoms with Gasteiger partial charge < -0.3 is 26.1 Å². The first kappa shape index (κ1) is 23.5. The summed E-state index contributed by atoms with van der Waals surface area (Å²) in [6, 6.07) is 9.76. The molecule has 1 aromatic heterocycles. The molecule has 0 radical (unpaired) electrons. The van der Waals surface area contributed by atoms with Crippen molar-refractivity contribution in [1.29, 1.82) is 5.41 Å². The third kappa shape index (κ3) is 4.97. The number of anilines is 1. The molecule has 2 aliphatic rings. The Labute approximate surface area is 200 Å². The topological polar surface area (TPSA) is 109 Å². The van der Waals surface area contributed by atoms with Crippen molar-refractivity contribution in [2.24, 2.45) is 5.73 Å². The maximum atomic E-state index is 12.4. The number of carbonyl (C=O) groups excluding carboxylic acids is 1. The molecule has 1 aliphatic carbocycles. The fourth-order valence-corrected chi connectivity index (χ4v) is 4.50. The van der Waals surface area contributed by atoms with Crippen LogP contribution in [-0.2, 0) is 4.79 Å². The molecule has 2 aromatic rings. The van der Waals surface area contributed by atoms with Gasteiger partial charge >= 0.3 is 0 Å². The second kappa shape index (κ2) is 10.5. The molecule has 0 spiro atoms. The van der Waals surface area contributed by atoms with E-state index < -0.39 is 0 Å². The van der Waals surface area contributed by atoms with E-state index in [9.17, 15) is 4.79 Å². The van der Waals surface area contributed by atoms with Gasteiger partial charge in [0.1, 0.15) is 17.3 Å². The first-order chi connectivity index (χ1) is 16.5. The molecule has 2 atom stereocenters. The van der Waals surface area contributed by atoms with Gasteiger partial charge in [0, 0.05) is 44.4 Å². The number of allylic oxidation sites excluding steroid dienone is 3. The third-order valence-corrected chi connectivity index (χ3v) is 6.16. The van der Waals surface area contributed by atoms with Crippen LogP contribution in [0.15, 0.2) is 66.5 Å². The van der Waals surface area contributed by atoms with E-state index in [0.29, 0.717) is 25.3 Å². The molecular weight excluding hydrogens is 428 g/mol. The summed E-state index contributed by atoms with van der Waals surface area (Å²) in [7, 11) is 1.86. The van der Waals surface area contributed by atoms with Gasteiger partial charge in [-0.1, -0.05) is 30.4 Å². The summed E-state index contributed by atoms with van der Waals surface area (Å²) in [6.45, 7) is 3.39. The van der Waals surface area contributed by atoms with Crippen LogP contribution >= 0.6 is 0 Å². The zero-order valence-corrected chi connectivity index (χ0v) is 19.7. The summed E-state index contributed by atoms with van der Waals surface area (Å²) >= 11 is 0. The molecule has 2 heterocycles. The second-order valence-corrected chi connectivity index (χ2v) is 8.52. The van der Waals surface area contributed by atoms with Crippen molar-refractivity contribution in [3.8, 4) is 5.75 Å². The highest BCUT2D eigenvalue weighted by Crippen LogP contribution is 2.36. The van der Waals surface area contributed by atoms with Crippen LogP contribution < -0.4 is 15.8 Å². The van der Waals surface area contributed by atoms with Crippen LogP contribution in [0.4, 0.5) is 5.82 Å². The van der Waals surface area contributed by atoms with Gasteiger partial charge in [-0.3, -0.25) is 4.79 Å². The minimum Gasteiger partial charge on any atom is -0.458 e. The summed E-state index contributed by atoms with van der Waals surface area (Å²) in [5.41, 5.74) is 7.64. The number of carbonyl (C=O) groups is 1. The molecule has 1 saturated heterocycles. The summed E-state index contributed by atoms with van der Waals surface area (Å²) in [5.74, 6) is 2.44. The fraction of sp³-hybridized carbons (Fsp3) is 0.346. The predicted molar refractivity (Wildman–Crippen MR) is 134 cm³/mol. The third-order valence-electron chi connectivity index (χ3n) is 6.16. The van der Waals surface area contributed by atoms with E-state index in [1.54, 1.807) is 13.0 Å². The average molecular weight is 461 g/mol. The Morgan fingerprint density at radius 2 is 2.15 bits per heavy atom. The lowest BCUT2D eigenvalue weighted by atomic mass is 9.92. The zero-order valence-electron chi connectivity index (χ0n) is 19.7. The molecule has 1 aromatic carbocycles. The highest BCUT2D eigenvalue weighted by molar-refractivity contribution is 6.02. The highest BCUT2D eigenvalue weighted by Gasteiger charge is 2.32. The number of nitrogens with zero attached hydrogens (tertiary/aromatic N) is 3. The standard InChI is InChI=1S/C26H32N6O2/c1-18(28)24-25(19-10-12-22(13-11-19)34-21-7-4-3-5-8-21)30-32(26(24)29-2)20-14-16-31(17-20)23(33)9-6-15-27/h3-10,12-13,19-20,28-29H,11,14-17,27H2,1-2H3/b9-6+,28-18?. The summed E-state index contributed by atoms with van der Waals surface area (Å²) in [4.78, 5) is 14.2. The highest BCUT2D eigenvalue weighted by atomic mass is 16.5. The number of rotatable bonds is 8. The van der Waals surface area contributed by atoms with E-state index in [0.717, 1.165) is 41.4 Å². The maximum absolute atomic E-state index is 12.4. The minimum atomic E-state index is -0.0268. The second-order valence-electron chi connectivity index (χ2n) is 8.52. The molecule has 8 heteroatoms. The first-order valence-corrected chi connectivity index (χ1v) is 11.6. The molecule has 4 rings (SSSR count). The Morgan fingerprint density at radius 1 is 1.35 bits per heavy atom. The van der Waals surface area contributed by atoms with Gasteiger partial charge in [-0.05, 0) is 44.1 Å².